The number of hydrogen-bond acceptors (Lipinski definition) is 6. The number of benzene rings is 2. The number of ether oxygens (including phenoxy) is 2. The number of nitro groups is 1. The lowest BCUT2D eigenvalue weighted by atomic mass is 10.1. The molecule has 0 spiro atoms. The molecule has 0 aliphatic heterocycles. The predicted octanol–water partition coefficient (Wildman–Crippen LogP) is 3.83. The van der Waals surface area contributed by atoms with Crippen LogP contribution in [0, 0.1) is 24.0 Å². The Balaban J connectivity index is 2.12. The second-order valence-corrected chi connectivity index (χ2v) is 6.21. The number of nitrogens with zero attached hydrogens (tertiary/aromatic N) is 1. The van der Waals surface area contributed by atoms with E-state index in [-0.39, 0.29) is 22.7 Å². The number of aldehydes is 1. The summed E-state index contributed by atoms with van der Waals surface area (Å²) in [6, 6.07) is 7.67. The Kier molecular flexibility index (Phi) is 7.08. The van der Waals surface area contributed by atoms with Crippen LogP contribution in [0.3, 0.4) is 0 Å². The fraction of sp³-hybridized carbons (Fsp3) is 0.300. The van der Waals surface area contributed by atoms with Crippen molar-refractivity contribution in [2.24, 2.45) is 0 Å². The molecule has 0 heterocycles. The second kappa shape index (κ2) is 9.50. The molecule has 0 aromatic heterocycles. The molecule has 8 nitrogen and oxygen atoms in total. The maximum atomic E-state index is 12.2. The van der Waals surface area contributed by atoms with Crippen molar-refractivity contribution in [1.82, 2.24) is 0 Å². The van der Waals surface area contributed by atoms with E-state index in [0.717, 1.165) is 17.5 Å². The van der Waals surface area contributed by atoms with Gasteiger partial charge in [-0.05, 0) is 49.6 Å². The van der Waals surface area contributed by atoms with Crippen molar-refractivity contribution in [2.75, 3.05) is 18.5 Å². The molecule has 8 heteroatoms. The van der Waals surface area contributed by atoms with Gasteiger partial charge in [-0.1, -0.05) is 6.92 Å². The topological polar surface area (TPSA) is 108 Å². The van der Waals surface area contributed by atoms with Crippen LogP contribution in [0.1, 0.15) is 34.8 Å². The van der Waals surface area contributed by atoms with Crippen LogP contribution in [0.25, 0.3) is 0 Å². The number of amides is 1. The van der Waals surface area contributed by atoms with Gasteiger partial charge in [0.15, 0.2) is 12.9 Å². The standard InChI is InChI=1S/C20H22N2O6/c1-4-7-27-16-6-5-15(11-23)19(10-16)28-12-20(24)21-17-8-13(2)14(3)9-18(17)22(25)26/h5-6,8-11H,4,7,12H2,1-3H3,(H,21,24). The van der Waals surface area contributed by atoms with Crippen LogP contribution < -0.4 is 14.8 Å². The molecule has 0 saturated heterocycles. The van der Waals surface area contributed by atoms with Crippen LogP contribution in [0.5, 0.6) is 11.5 Å². The van der Waals surface area contributed by atoms with Crippen LogP contribution in [0.4, 0.5) is 11.4 Å². The lowest BCUT2D eigenvalue weighted by Crippen LogP contribution is -2.21. The fourth-order valence-corrected chi connectivity index (χ4v) is 2.43. The highest BCUT2D eigenvalue weighted by atomic mass is 16.6. The second-order valence-electron chi connectivity index (χ2n) is 6.21. The summed E-state index contributed by atoms with van der Waals surface area (Å²) >= 11 is 0. The molecule has 0 saturated carbocycles. The molecule has 2 aromatic rings. The first-order valence-corrected chi connectivity index (χ1v) is 8.76. The Bertz CT molecular complexity index is 895. The summed E-state index contributed by atoms with van der Waals surface area (Å²) in [5.74, 6) is 0.143. The highest BCUT2D eigenvalue weighted by molar-refractivity contribution is 5.94. The van der Waals surface area contributed by atoms with Gasteiger partial charge in [-0.25, -0.2) is 0 Å². The Labute approximate surface area is 162 Å². The van der Waals surface area contributed by atoms with E-state index in [4.69, 9.17) is 9.47 Å². The highest BCUT2D eigenvalue weighted by Gasteiger charge is 2.18. The summed E-state index contributed by atoms with van der Waals surface area (Å²) in [4.78, 5) is 34.1. The molecular formula is C20H22N2O6. The van der Waals surface area contributed by atoms with Gasteiger partial charge in [-0.15, -0.1) is 0 Å². The van der Waals surface area contributed by atoms with Crippen molar-refractivity contribution in [3.63, 3.8) is 0 Å². The van der Waals surface area contributed by atoms with Crippen LogP contribution >= 0.6 is 0 Å². The van der Waals surface area contributed by atoms with Gasteiger partial charge in [0.25, 0.3) is 11.6 Å². The molecule has 28 heavy (non-hydrogen) atoms. The van der Waals surface area contributed by atoms with E-state index < -0.39 is 17.4 Å². The number of aryl methyl sites for hydroxylation is 2. The van der Waals surface area contributed by atoms with Gasteiger partial charge in [-0.3, -0.25) is 19.7 Å². The highest BCUT2D eigenvalue weighted by Crippen LogP contribution is 2.28. The Morgan fingerprint density at radius 1 is 1.18 bits per heavy atom. The minimum Gasteiger partial charge on any atom is -0.493 e. The number of rotatable bonds is 9. The van der Waals surface area contributed by atoms with Gasteiger partial charge in [-0.2, -0.15) is 0 Å². The van der Waals surface area contributed by atoms with Crippen molar-refractivity contribution in [3.05, 3.63) is 57.1 Å². The van der Waals surface area contributed by atoms with Crippen molar-refractivity contribution in [2.45, 2.75) is 27.2 Å². The smallest absolute Gasteiger partial charge is 0.293 e. The van der Waals surface area contributed by atoms with Crippen LogP contribution in [0.15, 0.2) is 30.3 Å². The fourth-order valence-electron chi connectivity index (χ4n) is 2.43. The molecule has 0 unspecified atom stereocenters. The zero-order valence-electron chi connectivity index (χ0n) is 16.0. The summed E-state index contributed by atoms with van der Waals surface area (Å²) in [6.07, 6.45) is 1.44. The molecule has 0 aliphatic rings. The molecule has 0 bridgehead atoms. The summed E-state index contributed by atoms with van der Waals surface area (Å²) in [5, 5.41) is 13.7. The number of carbonyl (C=O) groups excluding carboxylic acids is 2. The molecule has 1 N–H and O–H groups in total. The number of nitro benzene ring substituents is 1. The van der Waals surface area contributed by atoms with E-state index in [0.29, 0.717) is 18.6 Å². The summed E-state index contributed by atoms with van der Waals surface area (Å²) in [7, 11) is 0. The Morgan fingerprint density at radius 3 is 2.54 bits per heavy atom. The number of nitrogens with one attached hydrogen (secondary N) is 1. The average Bonchev–Trinajstić information content (AvgIpc) is 2.67. The summed E-state index contributed by atoms with van der Waals surface area (Å²) in [5.41, 5.74) is 1.73. The van der Waals surface area contributed by atoms with Crippen LogP contribution in [-0.2, 0) is 4.79 Å². The third kappa shape index (κ3) is 5.29. The molecule has 0 fully saturated rings. The van der Waals surface area contributed by atoms with Crippen molar-refractivity contribution in [3.8, 4) is 11.5 Å². The first-order chi connectivity index (χ1) is 13.3. The predicted molar refractivity (Wildman–Crippen MR) is 104 cm³/mol. The molecule has 1 amide bonds. The lowest BCUT2D eigenvalue weighted by molar-refractivity contribution is -0.384. The summed E-state index contributed by atoms with van der Waals surface area (Å²) in [6.45, 7) is 5.61. The molecule has 0 radical (unpaired) electrons. The van der Waals surface area contributed by atoms with E-state index in [9.17, 15) is 19.7 Å². The minimum atomic E-state index is -0.580. The van der Waals surface area contributed by atoms with Gasteiger partial charge in [0.05, 0.1) is 17.1 Å². The van der Waals surface area contributed by atoms with E-state index in [1.165, 1.54) is 12.1 Å². The zero-order valence-corrected chi connectivity index (χ0v) is 16.0. The molecule has 0 atom stereocenters. The Morgan fingerprint density at radius 2 is 1.89 bits per heavy atom. The van der Waals surface area contributed by atoms with Crippen molar-refractivity contribution >= 4 is 23.6 Å². The third-order valence-electron chi connectivity index (χ3n) is 4.03. The normalized spacial score (nSPS) is 10.2. The van der Waals surface area contributed by atoms with Crippen LogP contribution in [0.2, 0.25) is 0 Å². The monoisotopic (exact) mass is 386 g/mol. The van der Waals surface area contributed by atoms with Gasteiger partial charge < -0.3 is 14.8 Å². The lowest BCUT2D eigenvalue weighted by Gasteiger charge is -2.12. The van der Waals surface area contributed by atoms with E-state index in [1.807, 2.05) is 6.92 Å². The molecule has 148 valence electrons. The Hall–Kier alpha value is -3.42. The average molecular weight is 386 g/mol. The maximum Gasteiger partial charge on any atom is 0.293 e. The number of hydrogen-bond donors (Lipinski definition) is 1. The summed E-state index contributed by atoms with van der Waals surface area (Å²) < 4.78 is 10.9. The molecule has 0 aliphatic carbocycles. The minimum absolute atomic E-state index is 0.0948. The third-order valence-corrected chi connectivity index (χ3v) is 4.03. The van der Waals surface area contributed by atoms with E-state index in [1.54, 1.807) is 32.0 Å². The first kappa shape index (κ1) is 20.9. The SMILES string of the molecule is CCCOc1ccc(C=O)c(OCC(=O)Nc2cc(C)c(C)cc2[N+](=O)[O-])c1. The quantitative estimate of drug-likeness (QED) is 0.399. The van der Waals surface area contributed by atoms with E-state index in [2.05, 4.69) is 5.32 Å². The van der Waals surface area contributed by atoms with Crippen LogP contribution in [-0.4, -0.2) is 30.3 Å². The number of carbonyl (C=O) groups is 2. The first-order valence-electron chi connectivity index (χ1n) is 8.76. The van der Waals surface area contributed by atoms with Gasteiger partial charge in [0.1, 0.15) is 17.2 Å². The van der Waals surface area contributed by atoms with Gasteiger partial charge in [0, 0.05) is 12.1 Å². The van der Waals surface area contributed by atoms with Crippen molar-refractivity contribution in [1.29, 1.82) is 0 Å². The molecule has 2 rings (SSSR count). The molecule has 2 aromatic carbocycles. The number of anilines is 1. The molecular weight excluding hydrogens is 364 g/mol. The zero-order chi connectivity index (χ0) is 20.7. The van der Waals surface area contributed by atoms with Gasteiger partial charge >= 0.3 is 0 Å². The van der Waals surface area contributed by atoms with Gasteiger partial charge in [0.2, 0.25) is 0 Å². The van der Waals surface area contributed by atoms with Crippen molar-refractivity contribution < 1.29 is 24.0 Å². The van der Waals surface area contributed by atoms with E-state index >= 15 is 0 Å². The largest absolute Gasteiger partial charge is 0.493 e. The maximum absolute atomic E-state index is 12.2.